The maximum absolute atomic E-state index is 9.86. The normalized spacial score (nSPS) is 9.44. The van der Waals surface area contributed by atoms with Crippen LogP contribution in [0.25, 0.3) is 0 Å². The largest absolute Gasteiger partial charge is 0.480 e. The van der Waals surface area contributed by atoms with E-state index in [2.05, 4.69) is 10.1 Å². The second kappa shape index (κ2) is 5.53. The molecule has 4 heteroatoms. The van der Waals surface area contributed by atoms with E-state index in [4.69, 9.17) is 5.11 Å². The van der Waals surface area contributed by atoms with Gasteiger partial charge in [-0.3, -0.25) is 4.79 Å². The molecule has 9 heavy (non-hydrogen) atoms. The minimum absolute atomic E-state index is 0.00333. The van der Waals surface area contributed by atoms with Crippen LogP contribution in [0.1, 0.15) is 0 Å². The van der Waals surface area contributed by atoms with Crippen molar-refractivity contribution in [3.63, 3.8) is 0 Å². The van der Waals surface area contributed by atoms with Crippen LogP contribution in [0.15, 0.2) is 0 Å². The lowest BCUT2D eigenvalue weighted by atomic mass is 10.6. The lowest BCUT2D eigenvalue weighted by Crippen LogP contribution is -2.25. The average molecular weight is 133 g/mol. The molecule has 2 N–H and O–H groups in total. The van der Waals surface area contributed by atoms with E-state index >= 15 is 0 Å². The minimum Gasteiger partial charge on any atom is -0.480 e. The lowest BCUT2D eigenvalue weighted by molar-refractivity contribution is -0.135. The molecule has 0 bridgehead atoms. The predicted octanol–water partition coefficient (Wildman–Crippen LogP) is -0.693. The van der Waals surface area contributed by atoms with Gasteiger partial charge in [0.15, 0.2) is 0 Å². The van der Waals surface area contributed by atoms with Crippen LogP contribution in [0.4, 0.5) is 0 Å². The molecule has 0 heterocycles. The Balaban J connectivity index is 2.83. The molecule has 0 unspecified atom stereocenters. The quantitative estimate of drug-likeness (QED) is 0.487. The molecule has 0 fully saturated rings. The van der Waals surface area contributed by atoms with Gasteiger partial charge in [0.2, 0.25) is 0 Å². The van der Waals surface area contributed by atoms with Crippen molar-refractivity contribution in [1.29, 1.82) is 0 Å². The number of carbonyl (C=O) groups is 1. The van der Waals surface area contributed by atoms with Gasteiger partial charge in [-0.15, -0.1) is 0 Å². The van der Waals surface area contributed by atoms with Crippen LogP contribution in [0.5, 0.6) is 0 Å². The van der Waals surface area contributed by atoms with E-state index in [1.165, 1.54) is 0 Å². The molecule has 0 aromatic heterocycles. The molecule has 0 saturated carbocycles. The Morgan fingerprint density at radius 1 is 1.78 bits per heavy atom. The summed E-state index contributed by atoms with van der Waals surface area (Å²) in [6, 6.07) is 0. The summed E-state index contributed by atoms with van der Waals surface area (Å²) < 4.78 is 4.67. The van der Waals surface area contributed by atoms with Crippen LogP contribution < -0.4 is 5.32 Å². The van der Waals surface area contributed by atoms with Gasteiger partial charge in [0, 0.05) is 13.7 Å². The zero-order chi connectivity index (χ0) is 7.11. The van der Waals surface area contributed by atoms with Crippen molar-refractivity contribution in [3.05, 3.63) is 0 Å². The first-order chi connectivity index (χ1) is 4.27. The highest BCUT2D eigenvalue weighted by Gasteiger charge is 1.92. The molecule has 0 amide bonds. The number of methoxy groups -OCH3 is 1. The van der Waals surface area contributed by atoms with Gasteiger partial charge in [0.05, 0.1) is 13.2 Å². The van der Waals surface area contributed by atoms with Crippen LogP contribution in [0.2, 0.25) is 0 Å². The standard InChI is InChI=1S/C5H11NO3/c1-9-3-2-6-4-5(7)8/h6H,2-4H2,1H3,(H,7,8). The van der Waals surface area contributed by atoms with Gasteiger partial charge < -0.3 is 15.2 Å². The Morgan fingerprint density at radius 2 is 2.44 bits per heavy atom. The molecular formula is C5H11NO3. The molecule has 0 radical (unpaired) electrons. The Kier molecular flexibility index (Phi) is 5.15. The zero-order valence-electron chi connectivity index (χ0n) is 5.39. The summed E-state index contributed by atoms with van der Waals surface area (Å²) in [5, 5.41) is 10.8. The van der Waals surface area contributed by atoms with Crippen LogP contribution >= 0.6 is 0 Å². The second-order valence-electron chi connectivity index (χ2n) is 1.56. The van der Waals surface area contributed by atoms with Gasteiger partial charge >= 0.3 is 5.97 Å². The number of hydrogen-bond acceptors (Lipinski definition) is 3. The Labute approximate surface area is 53.8 Å². The summed E-state index contributed by atoms with van der Waals surface area (Å²) >= 11 is 0. The molecule has 0 aliphatic heterocycles. The summed E-state index contributed by atoms with van der Waals surface area (Å²) in [5.41, 5.74) is 0. The molecule has 0 aliphatic carbocycles. The number of carboxylic acid groups (broad SMARTS) is 1. The third kappa shape index (κ3) is 7.39. The summed E-state index contributed by atoms with van der Waals surface area (Å²) in [6.45, 7) is 1.14. The second-order valence-corrected chi connectivity index (χ2v) is 1.56. The molecule has 0 aromatic carbocycles. The van der Waals surface area contributed by atoms with E-state index in [1.54, 1.807) is 7.11 Å². The van der Waals surface area contributed by atoms with Gasteiger partial charge in [0.1, 0.15) is 0 Å². The van der Waals surface area contributed by atoms with E-state index in [0.717, 1.165) is 0 Å². The highest BCUT2D eigenvalue weighted by Crippen LogP contribution is 1.63. The number of carboxylic acids is 1. The molecule has 0 aromatic rings. The number of ether oxygens (including phenoxy) is 1. The van der Waals surface area contributed by atoms with E-state index in [0.29, 0.717) is 13.2 Å². The lowest BCUT2D eigenvalue weighted by Gasteiger charge is -1.97. The predicted molar refractivity (Wildman–Crippen MR) is 32.4 cm³/mol. The van der Waals surface area contributed by atoms with E-state index in [-0.39, 0.29) is 6.54 Å². The molecule has 0 spiro atoms. The first-order valence-corrected chi connectivity index (χ1v) is 2.69. The van der Waals surface area contributed by atoms with E-state index in [9.17, 15) is 4.79 Å². The third-order valence-corrected chi connectivity index (χ3v) is 0.759. The monoisotopic (exact) mass is 133 g/mol. The molecule has 0 aliphatic rings. The smallest absolute Gasteiger partial charge is 0.317 e. The summed E-state index contributed by atoms with van der Waals surface area (Å²) in [6.07, 6.45) is 0. The fraction of sp³-hybridized carbons (Fsp3) is 0.800. The minimum atomic E-state index is -0.842. The maximum atomic E-state index is 9.86. The zero-order valence-corrected chi connectivity index (χ0v) is 5.39. The van der Waals surface area contributed by atoms with Crippen LogP contribution in [-0.4, -0.2) is 37.9 Å². The number of aliphatic carboxylic acids is 1. The number of nitrogens with one attached hydrogen (secondary N) is 1. The Hall–Kier alpha value is -0.610. The van der Waals surface area contributed by atoms with Crippen LogP contribution in [0, 0.1) is 0 Å². The fourth-order valence-electron chi connectivity index (χ4n) is 0.370. The van der Waals surface area contributed by atoms with Crippen molar-refractivity contribution in [1.82, 2.24) is 5.32 Å². The van der Waals surface area contributed by atoms with Crippen molar-refractivity contribution in [2.75, 3.05) is 26.8 Å². The first kappa shape index (κ1) is 8.39. The highest BCUT2D eigenvalue weighted by molar-refractivity contribution is 5.68. The van der Waals surface area contributed by atoms with Gasteiger partial charge in [-0.05, 0) is 0 Å². The number of hydrogen-bond donors (Lipinski definition) is 2. The highest BCUT2D eigenvalue weighted by atomic mass is 16.5. The van der Waals surface area contributed by atoms with Gasteiger partial charge in [-0.2, -0.15) is 0 Å². The maximum Gasteiger partial charge on any atom is 0.317 e. The molecule has 0 rings (SSSR count). The van der Waals surface area contributed by atoms with E-state index < -0.39 is 5.97 Å². The van der Waals surface area contributed by atoms with Crippen molar-refractivity contribution < 1.29 is 14.6 Å². The summed E-state index contributed by atoms with van der Waals surface area (Å²) in [7, 11) is 1.57. The molecule has 54 valence electrons. The SMILES string of the molecule is COCCNCC(=O)O. The fourth-order valence-corrected chi connectivity index (χ4v) is 0.370. The molecule has 0 saturated heterocycles. The Morgan fingerprint density at radius 3 is 2.89 bits per heavy atom. The Bertz CT molecular complexity index is 84.3. The van der Waals surface area contributed by atoms with Crippen molar-refractivity contribution in [2.24, 2.45) is 0 Å². The van der Waals surface area contributed by atoms with Crippen molar-refractivity contribution in [2.45, 2.75) is 0 Å². The molecule has 4 nitrogen and oxygen atoms in total. The topological polar surface area (TPSA) is 58.6 Å². The summed E-state index contributed by atoms with van der Waals surface area (Å²) in [4.78, 5) is 9.86. The molecule has 0 atom stereocenters. The van der Waals surface area contributed by atoms with Crippen molar-refractivity contribution in [3.8, 4) is 0 Å². The van der Waals surface area contributed by atoms with Gasteiger partial charge in [-0.25, -0.2) is 0 Å². The van der Waals surface area contributed by atoms with Gasteiger partial charge in [-0.1, -0.05) is 0 Å². The van der Waals surface area contributed by atoms with Crippen LogP contribution in [-0.2, 0) is 9.53 Å². The first-order valence-electron chi connectivity index (χ1n) is 2.69. The summed E-state index contributed by atoms with van der Waals surface area (Å²) in [5.74, 6) is -0.842. The van der Waals surface area contributed by atoms with Crippen molar-refractivity contribution >= 4 is 5.97 Å². The van der Waals surface area contributed by atoms with Crippen LogP contribution in [0.3, 0.4) is 0 Å². The molecular weight excluding hydrogens is 122 g/mol. The average Bonchev–Trinajstić information content (AvgIpc) is 1.80. The van der Waals surface area contributed by atoms with E-state index in [1.807, 2.05) is 0 Å². The third-order valence-electron chi connectivity index (χ3n) is 0.759. The number of rotatable bonds is 5. The van der Waals surface area contributed by atoms with Gasteiger partial charge in [0.25, 0.3) is 0 Å².